The van der Waals surface area contributed by atoms with Gasteiger partial charge in [0.2, 0.25) is 0 Å². The van der Waals surface area contributed by atoms with Gasteiger partial charge in [0, 0.05) is 16.4 Å². The summed E-state index contributed by atoms with van der Waals surface area (Å²) in [5.41, 5.74) is -0.107. The van der Waals surface area contributed by atoms with Crippen molar-refractivity contribution in [1.82, 2.24) is 0 Å². The Morgan fingerprint density at radius 2 is 1.31 bits per heavy atom. The third kappa shape index (κ3) is 17.4. The Morgan fingerprint density at radius 1 is 0.881 bits per heavy atom. The molecule has 0 aliphatic heterocycles. The summed E-state index contributed by atoms with van der Waals surface area (Å²) in [5.74, 6) is 1.57. The van der Waals surface area contributed by atoms with Crippen LogP contribution in [0.3, 0.4) is 0 Å². The number of hydrogen-bond acceptors (Lipinski definition) is 2. The molecule has 0 atom stereocenters. The number of benzene rings is 2. The molecule has 0 unspecified atom stereocenters. The minimum absolute atomic E-state index is 0. The molecule has 234 valence electrons. The Labute approximate surface area is 306 Å². The van der Waals surface area contributed by atoms with E-state index in [0.717, 1.165) is 72.3 Å². The Kier molecular flexibility index (Phi) is 26.5. The first-order chi connectivity index (χ1) is 19.0. The number of hydrogen-bond donors (Lipinski definition) is 1. The van der Waals surface area contributed by atoms with Crippen LogP contribution in [-0.2, 0) is 10.4 Å². The van der Waals surface area contributed by atoms with Gasteiger partial charge in [-0.3, -0.25) is 4.79 Å². The number of carbonyl (C=O) groups is 1. The van der Waals surface area contributed by atoms with E-state index in [1.165, 1.54) is 37.8 Å². The van der Waals surface area contributed by atoms with Crippen molar-refractivity contribution in [2.75, 3.05) is 0 Å². The van der Waals surface area contributed by atoms with Gasteiger partial charge in [-0.15, -0.1) is 0 Å². The standard InChI is InChI=1S/C15H20BrFO.C9H16O.C6H3BrFI.C3H7.ClH.Mg/c1-2-3-11-6-8-15(18,9-7-11)12-4-5-13(16)14(17)10-12;1-2-3-8-4-6-9(10)7-5-8;7-5-2-1-4(9)3-6(5)8;1-3-2;;/h4-5,10-11,18H,2-3,6-9H2,1H3;8H,2-7H2,1H3;1-3H;3H,1-2H3;1H;/q;;;-1;;+2/p-1. The summed E-state index contributed by atoms with van der Waals surface area (Å²) in [6.07, 6.45) is 14.7. The molecule has 4 rings (SSSR count). The second-order valence-electron chi connectivity index (χ2n) is 10.8. The Balaban J connectivity index is 0. The second-order valence-corrected chi connectivity index (χ2v) is 13.8. The molecule has 0 radical (unpaired) electrons. The van der Waals surface area contributed by atoms with Gasteiger partial charge in [0.15, 0.2) is 0 Å². The van der Waals surface area contributed by atoms with Crippen molar-refractivity contribution < 1.29 is 31.1 Å². The van der Waals surface area contributed by atoms with E-state index in [-0.39, 0.29) is 47.1 Å². The predicted molar refractivity (Wildman–Crippen MR) is 185 cm³/mol. The zero-order valence-electron chi connectivity index (χ0n) is 25.5. The SMILES string of the molecule is CCCC1CCC(=O)CC1.CCCC1CCC(O)(c2ccc(Br)c(F)c2)CC1.C[CH-]C.Fc1cc(I)ccc1Br.[Cl-].[Mg+2]. The monoisotopic (exact) mass is 856 g/mol. The van der Waals surface area contributed by atoms with Crippen molar-refractivity contribution in [1.29, 1.82) is 0 Å². The summed E-state index contributed by atoms with van der Waals surface area (Å²) in [6.45, 7) is 8.42. The van der Waals surface area contributed by atoms with E-state index >= 15 is 0 Å². The summed E-state index contributed by atoms with van der Waals surface area (Å²) < 4.78 is 28.0. The molecule has 2 aliphatic rings. The smallest absolute Gasteiger partial charge is 1.00 e. The molecule has 0 heterocycles. The van der Waals surface area contributed by atoms with Crippen LogP contribution in [0.25, 0.3) is 0 Å². The van der Waals surface area contributed by atoms with Gasteiger partial charge < -0.3 is 23.9 Å². The molecule has 0 spiro atoms. The normalized spacial score (nSPS) is 19.8. The Morgan fingerprint density at radius 3 is 1.71 bits per heavy atom. The maximum atomic E-state index is 13.5. The van der Waals surface area contributed by atoms with Crippen LogP contribution in [0.1, 0.15) is 110 Å². The minimum atomic E-state index is -0.828. The molecule has 2 saturated carbocycles. The first-order valence-electron chi connectivity index (χ1n) is 14.5. The van der Waals surface area contributed by atoms with Crippen molar-refractivity contribution in [3.63, 3.8) is 0 Å². The maximum absolute atomic E-state index is 13.5. The quantitative estimate of drug-likeness (QED) is 0.142. The maximum Gasteiger partial charge on any atom is 2.00 e. The molecular weight excluding hydrogens is 813 g/mol. The number of Topliss-reactive ketones (excluding diaryl/α,β-unsaturated/α-hetero) is 1. The molecule has 0 bridgehead atoms. The second kappa shape index (κ2) is 24.9. The molecule has 2 aliphatic carbocycles. The Bertz CT molecular complexity index is 1010. The molecule has 0 amide bonds. The minimum Gasteiger partial charge on any atom is -1.00 e. The van der Waals surface area contributed by atoms with Crippen molar-refractivity contribution in [3.05, 3.63) is 72.5 Å². The summed E-state index contributed by atoms with van der Waals surface area (Å²) in [6, 6.07) is 9.98. The molecule has 2 aromatic carbocycles. The number of ketones is 1. The topological polar surface area (TPSA) is 37.3 Å². The van der Waals surface area contributed by atoms with Crippen molar-refractivity contribution in [2.45, 2.75) is 110 Å². The Hall–Kier alpha value is 0.676. The molecule has 2 nitrogen and oxygen atoms in total. The van der Waals surface area contributed by atoms with Gasteiger partial charge in [-0.1, -0.05) is 45.6 Å². The van der Waals surface area contributed by atoms with Crippen LogP contribution in [-0.4, -0.2) is 33.9 Å². The average Bonchev–Trinajstić information content (AvgIpc) is 2.92. The summed E-state index contributed by atoms with van der Waals surface area (Å²) >= 11 is 8.26. The van der Waals surface area contributed by atoms with Crippen LogP contribution in [0.15, 0.2) is 45.3 Å². The van der Waals surface area contributed by atoms with Crippen LogP contribution in [0.4, 0.5) is 8.78 Å². The first-order valence-corrected chi connectivity index (χ1v) is 17.2. The molecule has 0 saturated heterocycles. The van der Waals surface area contributed by atoms with E-state index in [0.29, 0.717) is 14.7 Å². The summed E-state index contributed by atoms with van der Waals surface area (Å²) in [5, 5.41) is 10.7. The van der Waals surface area contributed by atoms with Crippen LogP contribution in [0.2, 0.25) is 0 Å². The summed E-state index contributed by atoms with van der Waals surface area (Å²) in [7, 11) is 0. The van der Waals surface area contributed by atoms with Gasteiger partial charge in [-0.25, -0.2) is 8.78 Å². The van der Waals surface area contributed by atoms with Crippen LogP contribution >= 0.6 is 54.5 Å². The van der Waals surface area contributed by atoms with E-state index in [2.05, 4.69) is 68.3 Å². The van der Waals surface area contributed by atoms with Gasteiger partial charge in [0.25, 0.3) is 0 Å². The van der Waals surface area contributed by atoms with Crippen LogP contribution in [0.5, 0.6) is 0 Å². The van der Waals surface area contributed by atoms with Crippen LogP contribution < -0.4 is 12.4 Å². The van der Waals surface area contributed by atoms with Crippen molar-refractivity contribution in [2.24, 2.45) is 11.8 Å². The third-order valence-corrected chi connectivity index (χ3v) is 9.28. The zero-order chi connectivity index (χ0) is 30.1. The van der Waals surface area contributed by atoms with E-state index in [1.54, 1.807) is 12.1 Å². The fraction of sp³-hybridized carbons (Fsp3) is 0.576. The van der Waals surface area contributed by atoms with Crippen molar-refractivity contribution >= 4 is 83.3 Å². The third-order valence-electron chi connectivity index (χ3n) is 7.33. The zero-order valence-corrected chi connectivity index (χ0v) is 33.0. The molecular formula is C33H46Br2ClF2IMgO2. The molecule has 2 aromatic rings. The number of halogens is 6. The van der Waals surface area contributed by atoms with E-state index in [1.807, 2.05) is 32.4 Å². The molecule has 42 heavy (non-hydrogen) atoms. The fourth-order valence-electron chi connectivity index (χ4n) is 5.09. The fourth-order valence-corrected chi connectivity index (χ4v) is 6.04. The molecule has 1 N–H and O–H groups in total. The van der Waals surface area contributed by atoms with Crippen LogP contribution in [0, 0.1) is 33.5 Å². The predicted octanol–water partition coefficient (Wildman–Crippen LogP) is 8.36. The van der Waals surface area contributed by atoms with Gasteiger partial charge in [0.05, 0.1) is 14.5 Å². The van der Waals surface area contributed by atoms with E-state index in [4.69, 9.17) is 0 Å². The average molecular weight is 859 g/mol. The van der Waals surface area contributed by atoms with Gasteiger partial charge in [-0.2, -0.15) is 13.8 Å². The van der Waals surface area contributed by atoms with E-state index < -0.39 is 5.60 Å². The van der Waals surface area contributed by atoms with Gasteiger partial charge in [0.1, 0.15) is 17.4 Å². The van der Waals surface area contributed by atoms with E-state index in [9.17, 15) is 18.7 Å². The number of carbonyl (C=O) groups excluding carboxylic acids is 1. The number of aliphatic hydroxyl groups is 1. The number of rotatable bonds is 5. The van der Waals surface area contributed by atoms with Crippen molar-refractivity contribution in [3.8, 4) is 0 Å². The molecule has 0 aromatic heterocycles. The van der Waals surface area contributed by atoms with Gasteiger partial charge in [-0.05, 0) is 141 Å². The molecule has 2 fully saturated rings. The largest absolute Gasteiger partial charge is 2.00 e. The van der Waals surface area contributed by atoms with Gasteiger partial charge >= 0.3 is 23.1 Å². The first kappa shape index (κ1) is 44.8. The molecule has 9 heteroatoms. The summed E-state index contributed by atoms with van der Waals surface area (Å²) in [4.78, 5) is 10.8.